The van der Waals surface area contributed by atoms with Crippen LogP contribution in [0.4, 0.5) is 0 Å². The third-order valence-corrected chi connectivity index (χ3v) is 3.33. The van der Waals surface area contributed by atoms with Gasteiger partial charge in [-0.2, -0.15) is 0 Å². The summed E-state index contributed by atoms with van der Waals surface area (Å²) < 4.78 is 5.81. The normalized spacial score (nSPS) is 13.6. The Kier molecular flexibility index (Phi) is 5.09. The number of ether oxygens (including phenoxy) is 1. The molecule has 0 fully saturated rings. The Bertz CT molecular complexity index is 598. The molecule has 3 N–H and O–H groups in total. The molecule has 21 heavy (non-hydrogen) atoms. The largest absolute Gasteiger partial charge is 0.480 e. The van der Waals surface area contributed by atoms with Crippen molar-refractivity contribution in [2.45, 2.75) is 19.1 Å². The van der Waals surface area contributed by atoms with Crippen molar-refractivity contribution in [2.24, 2.45) is 5.73 Å². The summed E-state index contributed by atoms with van der Waals surface area (Å²) >= 11 is 0. The second-order valence-electron chi connectivity index (χ2n) is 4.93. The molecule has 4 nitrogen and oxygen atoms in total. The second-order valence-corrected chi connectivity index (χ2v) is 4.93. The molecule has 2 unspecified atom stereocenters. The van der Waals surface area contributed by atoms with Crippen molar-refractivity contribution >= 4 is 5.97 Å². The molecular formula is C17H19NO3. The van der Waals surface area contributed by atoms with Gasteiger partial charge in [0.15, 0.2) is 0 Å². The number of carboxylic acids is 1. The van der Waals surface area contributed by atoms with Gasteiger partial charge in [0.05, 0.1) is 6.61 Å². The van der Waals surface area contributed by atoms with Gasteiger partial charge in [-0.3, -0.25) is 4.79 Å². The van der Waals surface area contributed by atoms with Crippen LogP contribution in [0.2, 0.25) is 0 Å². The fourth-order valence-corrected chi connectivity index (χ4v) is 2.15. The van der Waals surface area contributed by atoms with Crippen LogP contribution in [-0.2, 0) is 9.53 Å². The molecule has 0 spiro atoms. The van der Waals surface area contributed by atoms with Crippen LogP contribution in [-0.4, -0.2) is 23.7 Å². The lowest BCUT2D eigenvalue weighted by Gasteiger charge is -2.21. The topological polar surface area (TPSA) is 72.5 Å². The zero-order valence-electron chi connectivity index (χ0n) is 11.9. The van der Waals surface area contributed by atoms with E-state index in [1.54, 1.807) is 0 Å². The Morgan fingerprint density at radius 2 is 1.76 bits per heavy atom. The third-order valence-electron chi connectivity index (χ3n) is 3.33. The standard InChI is InChI=1S/C17H19NO3/c1-12-7-5-6-10-14(12)16(13-8-3-2-4-9-13)21-11-15(18)17(19)20/h2-10,15-16H,11,18H2,1H3,(H,19,20). The molecule has 0 aromatic heterocycles. The van der Waals surface area contributed by atoms with E-state index in [0.717, 1.165) is 16.7 Å². The van der Waals surface area contributed by atoms with E-state index in [-0.39, 0.29) is 12.7 Å². The molecule has 0 aliphatic heterocycles. The highest BCUT2D eigenvalue weighted by Crippen LogP contribution is 2.28. The molecule has 2 aromatic rings. The van der Waals surface area contributed by atoms with E-state index in [4.69, 9.17) is 15.6 Å². The van der Waals surface area contributed by atoms with Crippen LogP contribution in [0.25, 0.3) is 0 Å². The molecule has 0 saturated heterocycles. The summed E-state index contributed by atoms with van der Waals surface area (Å²) in [5.74, 6) is -1.06. The predicted molar refractivity (Wildman–Crippen MR) is 81.0 cm³/mol. The third kappa shape index (κ3) is 3.90. The Morgan fingerprint density at radius 1 is 1.14 bits per heavy atom. The van der Waals surface area contributed by atoms with Crippen molar-refractivity contribution in [1.29, 1.82) is 0 Å². The fourth-order valence-electron chi connectivity index (χ4n) is 2.15. The molecule has 110 valence electrons. The van der Waals surface area contributed by atoms with Crippen LogP contribution in [0, 0.1) is 6.92 Å². The average molecular weight is 285 g/mol. The summed E-state index contributed by atoms with van der Waals surface area (Å²) in [5, 5.41) is 8.89. The molecule has 2 aromatic carbocycles. The van der Waals surface area contributed by atoms with Gasteiger partial charge in [-0.1, -0.05) is 54.6 Å². The van der Waals surface area contributed by atoms with E-state index >= 15 is 0 Å². The molecule has 0 radical (unpaired) electrons. The molecule has 0 heterocycles. The van der Waals surface area contributed by atoms with Crippen molar-refractivity contribution in [2.75, 3.05) is 6.61 Å². The molecular weight excluding hydrogens is 266 g/mol. The second kappa shape index (κ2) is 7.02. The first-order valence-electron chi connectivity index (χ1n) is 6.80. The first kappa shape index (κ1) is 15.2. The highest BCUT2D eigenvalue weighted by molar-refractivity contribution is 5.73. The average Bonchev–Trinajstić information content (AvgIpc) is 2.50. The zero-order valence-corrected chi connectivity index (χ0v) is 11.9. The Morgan fingerprint density at radius 3 is 2.38 bits per heavy atom. The van der Waals surface area contributed by atoms with Gasteiger partial charge in [-0.15, -0.1) is 0 Å². The summed E-state index contributed by atoms with van der Waals surface area (Å²) in [4.78, 5) is 10.8. The van der Waals surface area contributed by atoms with Crippen LogP contribution in [0.15, 0.2) is 54.6 Å². The van der Waals surface area contributed by atoms with Crippen LogP contribution < -0.4 is 5.73 Å². The Labute approximate surface area is 124 Å². The number of aryl methyl sites for hydroxylation is 1. The number of benzene rings is 2. The van der Waals surface area contributed by atoms with Gasteiger partial charge in [0.25, 0.3) is 0 Å². The van der Waals surface area contributed by atoms with E-state index in [9.17, 15) is 4.79 Å². The van der Waals surface area contributed by atoms with Gasteiger partial charge in [0.2, 0.25) is 0 Å². The predicted octanol–water partition coefficient (Wildman–Crippen LogP) is 2.51. The molecule has 0 aliphatic carbocycles. The number of carboxylic acid groups (broad SMARTS) is 1. The van der Waals surface area contributed by atoms with E-state index in [2.05, 4.69) is 0 Å². The van der Waals surface area contributed by atoms with Gasteiger partial charge >= 0.3 is 5.97 Å². The van der Waals surface area contributed by atoms with Gasteiger partial charge in [0.1, 0.15) is 12.1 Å². The highest BCUT2D eigenvalue weighted by Gasteiger charge is 2.20. The maximum Gasteiger partial charge on any atom is 0.322 e. The minimum absolute atomic E-state index is 0.0385. The van der Waals surface area contributed by atoms with Gasteiger partial charge < -0.3 is 15.6 Å². The monoisotopic (exact) mass is 285 g/mol. The maximum atomic E-state index is 10.8. The van der Waals surface area contributed by atoms with E-state index in [0.29, 0.717) is 0 Å². The molecule has 0 saturated carbocycles. The van der Waals surface area contributed by atoms with Crippen molar-refractivity contribution in [3.8, 4) is 0 Å². The first-order chi connectivity index (χ1) is 10.1. The van der Waals surface area contributed by atoms with Crippen LogP contribution in [0.5, 0.6) is 0 Å². The number of hydrogen-bond acceptors (Lipinski definition) is 3. The summed E-state index contributed by atoms with van der Waals surface area (Å²) in [5.41, 5.74) is 8.62. The number of aliphatic carboxylic acids is 1. The van der Waals surface area contributed by atoms with E-state index in [1.807, 2.05) is 61.5 Å². The lowest BCUT2D eigenvalue weighted by molar-refractivity contribution is -0.140. The summed E-state index contributed by atoms with van der Waals surface area (Å²) in [6.45, 7) is 1.97. The number of rotatable bonds is 6. The van der Waals surface area contributed by atoms with Crippen LogP contribution in [0.1, 0.15) is 22.8 Å². The molecule has 2 atom stereocenters. The maximum absolute atomic E-state index is 10.8. The zero-order chi connectivity index (χ0) is 15.2. The summed E-state index contributed by atoms with van der Waals surface area (Å²) in [6, 6.07) is 16.6. The van der Waals surface area contributed by atoms with E-state index in [1.165, 1.54) is 0 Å². The lowest BCUT2D eigenvalue weighted by atomic mass is 9.97. The molecule has 4 heteroatoms. The number of carbonyl (C=O) groups is 1. The van der Waals surface area contributed by atoms with Crippen molar-refractivity contribution in [3.05, 3.63) is 71.3 Å². The summed E-state index contributed by atoms with van der Waals surface area (Å²) in [6.07, 6.45) is -0.321. The lowest BCUT2D eigenvalue weighted by Crippen LogP contribution is -2.35. The van der Waals surface area contributed by atoms with Crippen molar-refractivity contribution in [1.82, 2.24) is 0 Å². The molecule has 0 bridgehead atoms. The smallest absolute Gasteiger partial charge is 0.322 e. The first-order valence-corrected chi connectivity index (χ1v) is 6.80. The van der Waals surface area contributed by atoms with Crippen molar-refractivity contribution in [3.63, 3.8) is 0 Å². The van der Waals surface area contributed by atoms with Gasteiger partial charge in [-0.05, 0) is 23.6 Å². The fraction of sp³-hybridized carbons (Fsp3) is 0.235. The van der Waals surface area contributed by atoms with Crippen LogP contribution in [0.3, 0.4) is 0 Å². The van der Waals surface area contributed by atoms with Gasteiger partial charge in [0, 0.05) is 0 Å². The van der Waals surface area contributed by atoms with Crippen molar-refractivity contribution < 1.29 is 14.6 Å². The van der Waals surface area contributed by atoms with Gasteiger partial charge in [-0.25, -0.2) is 0 Å². The Balaban J connectivity index is 2.28. The van der Waals surface area contributed by atoms with E-state index < -0.39 is 12.0 Å². The minimum atomic E-state index is -1.06. The summed E-state index contributed by atoms with van der Waals surface area (Å²) in [7, 11) is 0. The minimum Gasteiger partial charge on any atom is -0.480 e. The Hall–Kier alpha value is -2.17. The highest BCUT2D eigenvalue weighted by atomic mass is 16.5. The molecule has 0 aliphatic rings. The number of nitrogens with two attached hydrogens (primary N) is 1. The number of hydrogen-bond donors (Lipinski definition) is 2. The SMILES string of the molecule is Cc1ccccc1C(OCC(N)C(=O)O)c1ccccc1. The quantitative estimate of drug-likeness (QED) is 0.855. The molecule has 2 rings (SSSR count). The van der Waals surface area contributed by atoms with Crippen LogP contribution >= 0.6 is 0 Å². The molecule has 0 amide bonds.